The first-order chi connectivity index (χ1) is 7.22. The lowest BCUT2D eigenvalue weighted by Gasteiger charge is -2.43. The number of rotatable bonds is 1. The molecule has 84 valence electrons. The minimum atomic E-state index is 0.105. The molecule has 2 saturated heterocycles. The van der Waals surface area contributed by atoms with Gasteiger partial charge in [0.15, 0.2) is 0 Å². The van der Waals surface area contributed by atoms with Crippen molar-refractivity contribution < 1.29 is 9.59 Å². The van der Waals surface area contributed by atoms with Crippen LogP contribution in [0.4, 0.5) is 0 Å². The molecule has 0 aromatic heterocycles. The van der Waals surface area contributed by atoms with Crippen LogP contribution in [0, 0.1) is 0 Å². The average Bonchev–Trinajstić information content (AvgIpc) is 2.28. The Morgan fingerprint density at radius 2 is 2.27 bits per heavy atom. The molecule has 1 unspecified atom stereocenters. The fourth-order valence-electron chi connectivity index (χ4n) is 2.51. The minimum Gasteiger partial charge on any atom is -0.336 e. The highest BCUT2D eigenvalue weighted by atomic mass is 16.2. The monoisotopic (exact) mass is 210 g/mol. The van der Waals surface area contributed by atoms with Crippen LogP contribution in [0.3, 0.4) is 0 Å². The first-order valence-corrected chi connectivity index (χ1v) is 5.79. The van der Waals surface area contributed by atoms with Crippen molar-refractivity contribution >= 4 is 11.8 Å². The molecule has 2 amide bonds. The molecule has 0 aromatic rings. The van der Waals surface area contributed by atoms with E-state index in [0.717, 1.165) is 25.9 Å². The third kappa shape index (κ3) is 1.98. The Hall–Kier alpha value is -1.06. The third-order valence-corrected chi connectivity index (χ3v) is 3.36. The molecule has 4 heteroatoms. The van der Waals surface area contributed by atoms with Crippen molar-refractivity contribution in [3.8, 4) is 0 Å². The molecule has 0 bridgehead atoms. The first kappa shape index (κ1) is 10.5. The predicted molar refractivity (Wildman–Crippen MR) is 56.2 cm³/mol. The summed E-state index contributed by atoms with van der Waals surface area (Å²) in [5, 5.41) is 0. The van der Waals surface area contributed by atoms with Gasteiger partial charge in [-0.3, -0.25) is 9.59 Å². The van der Waals surface area contributed by atoms with Gasteiger partial charge in [0.25, 0.3) is 0 Å². The summed E-state index contributed by atoms with van der Waals surface area (Å²) in [4.78, 5) is 27.0. The second kappa shape index (κ2) is 4.21. The van der Waals surface area contributed by atoms with Crippen LogP contribution in [0.1, 0.15) is 32.6 Å². The lowest BCUT2D eigenvalue weighted by atomic mass is 9.99. The van der Waals surface area contributed by atoms with Crippen molar-refractivity contribution in [1.82, 2.24) is 9.80 Å². The minimum absolute atomic E-state index is 0.105. The quantitative estimate of drug-likeness (QED) is 0.636. The van der Waals surface area contributed by atoms with E-state index in [9.17, 15) is 9.59 Å². The van der Waals surface area contributed by atoms with Gasteiger partial charge in [0, 0.05) is 25.6 Å². The van der Waals surface area contributed by atoms with Crippen molar-refractivity contribution in [2.45, 2.75) is 38.6 Å². The SMILES string of the molecule is CCC(=O)N1CC(=O)N2CCCCC2C1. The molecule has 0 N–H and O–H groups in total. The number of carbonyl (C=O) groups excluding carboxylic acids is 2. The van der Waals surface area contributed by atoms with Crippen LogP contribution < -0.4 is 0 Å². The number of hydrogen-bond donors (Lipinski definition) is 0. The number of piperazine rings is 1. The van der Waals surface area contributed by atoms with E-state index in [1.807, 2.05) is 11.8 Å². The van der Waals surface area contributed by atoms with E-state index in [0.29, 0.717) is 13.0 Å². The van der Waals surface area contributed by atoms with Gasteiger partial charge in [0.2, 0.25) is 11.8 Å². The molecule has 2 aliphatic heterocycles. The number of piperidine rings is 1. The average molecular weight is 210 g/mol. The largest absolute Gasteiger partial charge is 0.336 e. The summed E-state index contributed by atoms with van der Waals surface area (Å²) in [6.45, 7) is 3.78. The highest BCUT2D eigenvalue weighted by Gasteiger charge is 2.35. The lowest BCUT2D eigenvalue weighted by molar-refractivity contribution is -0.150. The molecule has 4 nitrogen and oxygen atoms in total. The van der Waals surface area contributed by atoms with Gasteiger partial charge in [0.1, 0.15) is 0 Å². The lowest BCUT2D eigenvalue weighted by Crippen LogP contribution is -2.59. The van der Waals surface area contributed by atoms with Crippen LogP contribution in [-0.4, -0.2) is 47.3 Å². The van der Waals surface area contributed by atoms with Gasteiger partial charge in [0.05, 0.1) is 6.54 Å². The molecular weight excluding hydrogens is 192 g/mol. The zero-order chi connectivity index (χ0) is 10.8. The normalized spacial score (nSPS) is 26.5. The van der Waals surface area contributed by atoms with Crippen molar-refractivity contribution in [1.29, 1.82) is 0 Å². The molecule has 0 aliphatic carbocycles. The molecule has 15 heavy (non-hydrogen) atoms. The Labute approximate surface area is 90.2 Å². The number of hydrogen-bond acceptors (Lipinski definition) is 2. The summed E-state index contributed by atoms with van der Waals surface area (Å²) in [5.41, 5.74) is 0. The number of fused-ring (bicyclic) bond motifs is 1. The standard InChI is InChI=1S/C11H18N2O2/c1-2-10(14)12-7-9-5-3-4-6-13(9)11(15)8-12/h9H,2-8H2,1H3. The summed E-state index contributed by atoms with van der Waals surface area (Å²) in [6.07, 6.45) is 3.85. The van der Waals surface area contributed by atoms with Crippen molar-refractivity contribution in [3.05, 3.63) is 0 Å². The summed E-state index contributed by atoms with van der Waals surface area (Å²) in [5.74, 6) is 0.237. The Kier molecular flexibility index (Phi) is 2.93. The Bertz CT molecular complexity index is 278. The van der Waals surface area contributed by atoms with Gasteiger partial charge < -0.3 is 9.80 Å². The van der Waals surface area contributed by atoms with Gasteiger partial charge in [-0.15, -0.1) is 0 Å². The highest BCUT2D eigenvalue weighted by molar-refractivity contribution is 5.86. The van der Waals surface area contributed by atoms with E-state index in [1.54, 1.807) is 4.90 Å². The molecule has 1 atom stereocenters. The molecule has 0 radical (unpaired) electrons. The Morgan fingerprint density at radius 3 is 3.00 bits per heavy atom. The van der Waals surface area contributed by atoms with Crippen LogP contribution in [0.25, 0.3) is 0 Å². The molecule has 2 aliphatic rings. The molecular formula is C11H18N2O2. The fourth-order valence-corrected chi connectivity index (χ4v) is 2.51. The van der Waals surface area contributed by atoms with Crippen LogP contribution in [0.2, 0.25) is 0 Å². The van der Waals surface area contributed by atoms with Gasteiger partial charge in [-0.25, -0.2) is 0 Å². The summed E-state index contributed by atoms with van der Waals surface area (Å²) < 4.78 is 0. The smallest absolute Gasteiger partial charge is 0.242 e. The van der Waals surface area contributed by atoms with Crippen molar-refractivity contribution in [2.24, 2.45) is 0 Å². The predicted octanol–water partition coefficient (Wildman–Crippen LogP) is 0.620. The zero-order valence-electron chi connectivity index (χ0n) is 9.24. The maximum Gasteiger partial charge on any atom is 0.242 e. The topological polar surface area (TPSA) is 40.6 Å². The van der Waals surface area contributed by atoms with Gasteiger partial charge in [-0.1, -0.05) is 6.92 Å². The highest BCUT2D eigenvalue weighted by Crippen LogP contribution is 2.22. The number of carbonyl (C=O) groups is 2. The molecule has 0 saturated carbocycles. The first-order valence-electron chi connectivity index (χ1n) is 5.79. The van der Waals surface area contributed by atoms with E-state index in [1.165, 1.54) is 6.42 Å². The van der Waals surface area contributed by atoms with Crippen molar-refractivity contribution in [3.63, 3.8) is 0 Å². The van der Waals surface area contributed by atoms with Crippen LogP contribution in [0.15, 0.2) is 0 Å². The molecule has 2 fully saturated rings. The van der Waals surface area contributed by atoms with Crippen LogP contribution in [0.5, 0.6) is 0 Å². The molecule has 2 heterocycles. The number of amides is 2. The van der Waals surface area contributed by atoms with Gasteiger partial charge >= 0.3 is 0 Å². The van der Waals surface area contributed by atoms with Gasteiger partial charge in [-0.2, -0.15) is 0 Å². The van der Waals surface area contributed by atoms with Crippen molar-refractivity contribution in [2.75, 3.05) is 19.6 Å². The van der Waals surface area contributed by atoms with Crippen LogP contribution >= 0.6 is 0 Å². The van der Waals surface area contributed by atoms with Crippen LogP contribution in [-0.2, 0) is 9.59 Å². The van der Waals surface area contributed by atoms with E-state index < -0.39 is 0 Å². The summed E-state index contributed by atoms with van der Waals surface area (Å²) in [6, 6.07) is 0.287. The van der Waals surface area contributed by atoms with E-state index >= 15 is 0 Å². The fraction of sp³-hybridized carbons (Fsp3) is 0.818. The van der Waals surface area contributed by atoms with Gasteiger partial charge in [-0.05, 0) is 19.3 Å². The molecule has 0 aromatic carbocycles. The molecule has 0 spiro atoms. The maximum atomic E-state index is 11.8. The maximum absolute atomic E-state index is 11.8. The van der Waals surface area contributed by atoms with E-state index in [4.69, 9.17) is 0 Å². The number of nitrogens with zero attached hydrogens (tertiary/aromatic N) is 2. The third-order valence-electron chi connectivity index (χ3n) is 3.36. The zero-order valence-corrected chi connectivity index (χ0v) is 9.24. The van der Waals surface area contributed by atoms with E-state index in [-0.39, 0.29) is 17.9 Å². The summed E-state index contributed by atoms with van der Waals surface area (Å²) in [7, 11) is 0. The van der Waals surface area contributed by atoms with E-state index in [2.05, 4.69) is 0 Å². The Balaban J connectivity index is 2.05. The second-order valence-electron chi connectivity index (χ2n) is 4.36. The second-order valence-corrected chi connectivity index (χ2v) is 4.36. The molecule has 2 rings (SSSR count). The Morgan fingerprint density at radius 1 is 1.47 bits per heavy atom. The summed E-state index contributed by atoms with van der Waals surface area (Å²) >= 11 is 0.